The van der Waals surface area contributed by atoms with Crippen LogP contribution in [-0.4, -0.2) is 39.1 Å². The third-order valence-electron chi connectivity index (χ3n) is 4.29. The van der Waals surface area contributed by atoms with Crippen molar-refractivity contribution in [3.8, 4) is 0 Å². The first kappa shape index (κ1) is 12.7. The molecule has 2 unspecified atom stereocenters. The molecular formula is C13H23N5O. The molecule has 1 aromatic rings. The van der Waals surface area contributed by atoms with Crippen LogP contribution in [0.3, 0.4) is 0 Å². The van der Waals surface area contributed by atoms with Crippen LogP contribution in [0.5, 0.6) is 0 Å². The average Bonchev–Trinajstić information content (AvgIpc) is 2.99. The van der Waals surface area contributed by atoms with Gasteiger partial charge in [-0.1, -0.05) is 19.3 Å². The van der Waals surface area contributed by atoms with Crippen LogP contribution in [0, 0.1) is 0 Å². The smallest absolute Gasteiger partial charge is 0.246 e. The lowest BCUT2D eigenvalue weighted by molar-refractivity contribution is 0.100. The lowest BCUT2D eigenvalue weighted by atomic mass is 10.1. The third kappa shape index (κ3) is 2.54. The molecule has 2 heterocycles. The molecule has 3 rings (SSSR count). The van der Waals surface area contributed by atoms with Crippen LogP contribution >= 0.6 is 0 Å². The van der Waals surface area contributed by atoms with Gasteiger partial charge >= 0.3 is 0 Å². The maximum atomic E-state index is 10.2. The van der Waals surface area contributed by atoms with Crippen LogP contribution in [0.1, 0.15) is 51.0 Å². The third-order valence-corrected chi connectivity index (χ3v) is 4.29. The van der Waals surface area contributed by atoms with E-state index in [-0.39, 0.29) is 12.1 Å². The quantitative estimate of drug-likeness (QED) is 0.788. The summed E-state index contributed by atoms with van der Waals surface area (Å²) in [4.78, 5) is 6.55. The van der Waals surface area contributed by atoms with Gasteiger partial charge in [-0.3, -0.25) is 0 Å². The predicted octanol–water partition coefficient (Wildman–Crippen LogP) is 1.33. The van der Waals surface area contributed by atoms with Crippen molar-refractivity contribution in [3.05, 3.63) is 0 Å². The van der Waals surface area contributed by atoms with Gasteiger partial charge in [-0.2, -0.15) is 4.98 Å². The fraction of sp³-hybridized carbons (Fsp3) is 0.846. The van der Waals surface area contributed by atoms with E-state index in [1.165, 1.54) is 19.3 Å². The number of nitrogens with two attached hydrogens (primary N) is 1. The van der Waals surface area contributed by atoms with Gasteiger partial charge in [0.2, 0.25) is 11.9 Å². The summed E-state index contributed by atoms with van der Waals surface area (Å²) in [7, 11) is 0. The van der Waals surface area contributed by atoms with E-state index < -0.39 is 0 Å². The highest BCUT2D eigenvalue weighted by molar-refractivity contribution is 5.36. The van der Waals surface area contributed by atoms with Gasteiger partial charge in [0.25, 0.3) is 0 Å². The highest BCUT2D eigenvalue weighted by Gasteiger charge is 2.27. The molecule has 3 N–H and O–H groups in total. The maximum Gasteiger partial charge on any atom is 0.246 e. The Balaban J connectivity index is 1.82. The van der Waals surface area contributed by atoms with Gasteiger partial charge in [0, 0.05) is 13.1 Å². The Hall–Kier alpha value is -1.30. The van der Waals surface area contributed by atoms with Crippen molar-refractivity contribution < 1.29 is 5.11 Å². The minimum absolute atomic E-state index is 0.00801. The van der Waals surface area contributed by atoms with E-state index in [0.29, 0.717) is 5.95 Å². The second kappa shape index (κ2) is 5.36. The first-order chi connectivity index (χ1) is 9.25. The highest BCUT2D eigenvalue weighted by Crippen LogP contribution is 2.30. The number of hydrogen-bond acceptors (Lipinski definition) is 5. The number of rotatable bonds is 2. The van der Waals surface area contributed by atoms with Gasteiger partial charge in [0.15, 0.2) is 0 Å². The van der Waals surface area contributed by atoms with E-state index in [0.717, 1.165) is 44.7 Å². The van der Waals surface area contributed by atoms with Crippen LogP contribution < -0.4 is 10.6 Å². The zero-order valence-corrected chi connectivity index (χ0v) is 11.3. The Morgan fingerprint density at radius 3 is 2.58 bits per heavy atom. The lowest BCUT2D eigenvalue weighted by Gasteiger charge is -2.21. The van der Waals surface area contributed by atoms with Gasteiger partial charge in [0.1, 0.15) is 0 Å². The standard InChI is InChI=1S/C13H23N5O/c14-12-15-13(17-8-4-5-9-17)16-18(12)10-6-2-1-3-7-11(10)19/h10-11,19H,1-9H2,(H2,14,15,16). The van der Waals surface area contributed by atoms with Gasteiger partial charge < -0.3 is 15.7 Å². The number of aromatic nitrogens is 3. The molecule has 1 aromatic heterocycles. The SMILES string of the molecule is Nc1nc(N2CCCC2)nn1C1CCCCCC1O. The Kier molecular flexibility index (Phi) is 3.59. The minimum Gasteiger partial charge on any atom is -0.391 e. The number of aliphatic hydroxyl groups is 1. The molecule has 0 bridgehead atoms. The van der Waals surface area contributed by atoms with Crippen molar-refractivity contribution in [2.75, 3.05) is 23.7 Å². The van der Waals surface area contributed by atoms with E-state index in [2.05, 4.69) is 15.0 Å². The lowest BCUT2D eigenvalue weighted by Crippen LogP contribution is -2.25. The Morgan fingerprint density at radius 1 is 1.05 bits per heavy atom. The monoisotopic (exact) mass is 265 g/mol. The fourth-order valence-corrected chi connectivity index (χ4v) is 3.17. The van der Waals surface area contributed by atoms with Crippen LogP contribution in [0.15, 0.2) is 0 Å². The molecule has 1 saturated carbocycles. The molecule has 1 aliphatic heterocycles. The molecule has 106 valence electrons. The summed E-state index contributed by atoms with van der Waals surface area (Å²) in [5.74, 6) is 1.17. The summed E-state index contributed by atoms with van der Waals surface area (Å²) in [6.07, 6.45) is 7.21. The number of nitrogen functional groups attached to an aromatic ring is 1. The molecule has 19 heavy (non-hydrogen) atoms. The predicted molar refractivity (Wildman–Crippen MR) is 74.0 cm³/mol. The summed E-state index contributed by atoms with van der Waals surface area (Å²) in [5, 5.41) is 14.8. The van der Waals surface area contributed by atoms with E-state index in [1.807, 2.05) is 0 Å². The number of nitrogens with zero attached hydrogens (tertiary/aromatic N) is 4. The molecule has 0 spiro atoms. The van der Waals surface area contributed by atoms with Crippen LogP contribution in [-0.2, 0) is 0 Å². The summed E-state index contributed by atoms with van der Waals surface area (Å²) < 4.78 is 1.75. The molecule has 2 aliphatic rings. The highest BCUT2D eigenvalue weighted by atomic mass is 16.3. The molecule has 2 atom stereocenters. The van der Waals surface area contributed by atoms with Crippen LogP contribution in [0.25, 0.3) is 0 Å². The molecule has 2 fully saturated rings. The minimum atomic E-state index is -0.349. The van der Waals surface area contributed by atoms with Crippen LogP contribution in [0.4, 0.5) is 11.9 Å². The summed E-state index contributed by atoms with van der Waals surface area (Å²) >= 11 is 0. The number of hydrogen-bond donors (Lipinski definition) is 2. The Morgan fingerprint density at radius 2 is 1.79 bits per heavy atom. The van der Waals surface area contributed by atoms with Crippen molar-refractivity contribution in [1.29, 1.82) is 0 Å². The summed E-state index contributed by atoms with van der Waals surface area (Å²) in [5.41, 5.74) is 6.00. The normalized spacial score (nSPS) is 28.6. The molecular weight excluding hydrogens is 242 g/mol. The molecule has 1 aliphatic carbocycles. The topological polar surface area (TPSA) is 80.2 Å². The molecule has 1 saturated heterocycles. The van der Waals surface area contributed by atoms with Gasteiger partial charge in [-0.25, -0.2) is 4.68 Å². The van der Waals surface area contributed by atoms with E-state index in [1.54, 1.807) is 4.68 Å². The largest absolute Gasteiger partial charge is 0.391 e. The molecule has 0 amide bonds. The maximum absolute atomic E-state index is 10.2. The van der Waals surface area contributed by atoms with Gasteiger partial charge in [-0.15, -0.1) is 5.10 Å². The van der Waals surface area contributed by atoms with Crippen molar-refractivity contribution in [2.24, 2.45) is 0 Å². The fourth-order valence-electron chi connectivity index (χ4n) is 3.17. The zero-order chi connectivity index (χ0) is 13.2. The molecule has 6 nitrogen and oxygen atoms in total. The van der Waals surface area contributed by atoms with Crippen molar-refractivity contribution in [2.45, 2.75) is 57.1 Å². The Labute approximate surface area is 113 Å². The van der Waals surface area contributed by atoms with Crippen molar-refractivity contribution >= 4 is 11.9 Å². The average molecular weight is 265 g/mol. The molecule has 0 aromatic carbocycles. The van der Waals surface area contributed by atoms with E-state index in [4.69, 9.17) is 5.73 Å². The first-order valence-corrected chi connectivity index (χ1v) is 7.41. The number of anilines is 2. The summed E-state index contributed by atoms with van der Waals surface area (Å²) in [6, 6.07) is -0.00801. The second-order valence-electron chi connectivity index (χ2n) is 5.68. The first-order valence-electron chi connectivity index (χ1n) is 7.41. The second-order valence-corrected chi connectivity index (χ2v) is 5.68. The Bertz CT molecular complexity index is 427. The van der Waals surface area contributed by atoms with Gasteiger partial charge in [0.05, 0.1) is 12.1 Å². The van der Waals surface area contributed by atoms with Gasteiger partial charge in [-0.05, 0) is 25.7 Å². The summed E-state index contributed by atoms with van der Waals surface area (Å²) in [6.45, 7) is 2.02. The number of aliphatic hydroxyl groups excluding tert-OH is 1. The van der Waals surface area contributed by atoms with Crippen molar-refractivity contribution in [3.63, 3.8) is 0 Å². The van der Waals surface area contributed by atoms with E-state index in [9.17, 15) is 5.11 Å². The van der Waals surface area contributed by atoms with E-state index >= 15 is 0 Å². The van der Waals surface area contributed by atoms with Crippen molar-refractivity contribution in [1.82, 2.24) is 14.8 Å². The van der Waals surface area contributed by atoms with Crippen LogP contribution in [0.2, 0.25) is 0 Å². The molecule has 6 heteroatoms. The molecule has 0 radical (unpaired) electrons. The zero-order valence-electron chi connectivity index (χ0n) is 11.3.